The molecule has 1 atom stereocenters. The van der Waals surface area contributed by atoms with Crippen molar-refractivity contribution in [2.75, 3.05) is 14.1 Å². The molecule has 0 saturated heterocycles. The van der Waals surface area contributed by atoms with Crippen LogP contribution in [0.1, 0.15) is 24.1 Å². The third-order valence-electron chi connectivity index (χ3n) is 5.74. The number of aromatic amines is 1. The molecular formula is C24H24N2O3. The number of rotatable bonds is 3. The summed E-state index contributed by atoms with van der Waals surface area (Å²) in [5, 5.41) is 22.7. The number of nitrogens with one attached hydrogen (secondary N) is 1. The van der Waals surface area contributed by atoms with Crippen LogP contribution in [-0.4, -0.2) is 34.2 Å². The number of aryl methyl sites for hydroxylation is 1. The molecule has 0 fully saturated rings. The van der Waals surface area contributed by atoms with Gasteiger partial charge in [-0.1, -0.05) is 36.4 Å². The highest BCUT2D eigenvalue weighted by atomic mass is 16.3. The van der Waals surface area contributed by atoms with Crippen LogP contribution in [0.3, 0.4) is 0 Å². The van der Waals surface area contributed by atoms with Gasteiger partial charge in [-0.05, 0) is 56.8 Å². The van der Waals surface area contributed by atoms with Gasteiger partial charge in [-0.3, -0.25) is 4.79 Å². The Morgan fingerprint density at radius 1 is 0.966 bits per heavy atom. The van der Waals surface area contributed by atoms with E-state index in [2.05, 4.69) is 28.9 Å². The van der Waals surface area contributed by atoms with E-state index in [1.165, 1.54) is 11.6 Å². The predicted octanol–water partition coefficient (Wildman–Crippen LogP) is 4.69. The summed E-state index contributed by atoms with van der Waals surface area (Å²) in [4.78, 5) is 17.6. The summed E-state index contributed by atoms with van der Waals surface area (Å²) in [5.74, 6) is 0.0628. The van der Waals surface area contributed by atoms with Crippen LogP contribution in [0.5, 0.6) is 11.5 Å². The molecule has 0 aliphatic rings. The molecule has 0 aliphatic carbocycles. The van der Waals surface area contributed by atoms with Gasteiger partial charge >= 0.3 is 0 Å². The zero-order valence-electron chi connectivity index (χ0n) is 16.9. The second kappa shape index (κ2) is 6.94. The highest BCUT2D eigenvalue weighted by Crippen LogP contribution is 2.41. The first kappa shape index (κ1) is 19.0. The quantitative estimate of drug-likeness (QED) is 0.445. The van der Waals surface area contributed by atoms with Crippen molar-refractivity contribution < 1.29 is 10.2 Å². The van der Waals surface area contributed by atoms with Crippen molar-refractivity contribution in [3.05, 3.63) is 70.0 Å². The third kappa shape index (κ3) is 3.04. The van der Waals surface area contributed by atoms with E-state index in [4.69, 9.17) is 0 Å². The predicted molar refractivity (Wildman–Crippen MR) is 118 cm³/mol. The molecule has 0 unspecified atom stereocenters. The van der Waals surface area contributed by atoms with Crippen LogP contribution >= 0.6 is 0 Å². The Hall–Kier alpha value is -3.31. The van der Waals surface area contributed by atoms with Gasteiger partial charge in [0.05, 0.1) is 10.9 Å². The number of fused-ring (bicyclic) bond motifs is 3. The number of pyridine rings is 1. The molecule has 0 amide bonds. The smallest absolute Gasteiger partial charge is 0.260 e. The molecule has 0 bridgehead atoms. The van der Waals surface area contributed by atoms with Gasteiger partial charge in [0.15, 0.2) is 0 Å². The molecule has 5 nitrogen and oxygen atoms in total. The molecule has 3 N–H and O–H groups in total. The highest BCUT2D eigenvalue weighted by Gasteiger charge is 2.18. The SMILES string of the molecule is Cc1cc(O)c(-c2ccc([C@@H](C)N(C)C)cc2)c2c1[nH]c(=O)c1c(O)cccc12. The number of nitrogens with zero attached hydrogens (tertiary/aromatic N) is 1. The third-order valence-corrected chi connectivity index (χ3v) is 5.74. The molecule has 0 spiro atoms. The minimum atomic E-state index is -0.347. The van der Waals surface area contributed by atoms with Gasteiger partial charge in [-0.15, -0.1) is 0 Å². The van der Waals surface area contributed by atoms with Crippen LogP contribution in [0.2, 0.25) is 0 Å². The van der Waals surface area contributed by atoms with Gasteiger partial charge in [0, 0.05) is 22.4 Å². The summed E-state index contributed by atoms with van der Waals surface area (Å²) in [6.45, 7) is 3.98. The van der Waals surface area contributed by atoms with E-state index in [1.807, 2.05) is 33.2 Å². The topological polar surface area (TPSA) is 76.6 Å². The monoisotopic (exact) mass is 388 g/mol. The molecule has 3 aromatic carbocycles. The molecule has 1 heterocycles. The van der Waals surface area contributed by atoms with E-state index in [0.717, 1.165) is 16.5 Å². The molecule has 148 valence electrons. The van der Waals surface area contributed by atoms with Crippen molar-refractivity contribution >= 4 is 21.7 Å². The van der Waals surface area contributed by atoms with Gasteiger partial charge in [0.25, 0.3) is 5.56 Å². The fourth-order valence-electron chi connectivity index (χ4n) is 3.91. The largest absolute Gasteiger partial charge is 0.507 e. The van der Waals surface area contributed by atoms with Crippen molar-refractivity contribution in [3.63, 3.8) is 0 Å². The van der Waals surface area contributed by atoms with Crippen molar-refractivity contribution in [2.45, 2.75) is 19.9 Å². The maximum absolute atomic E-state index is 12.6. The van der Waals surface area contributed by atoms with E-state index in [0.29, 0.717) is 16.5 Å². The number of phenols is 2. The lowest BCUT2D eigenvalue weighted by Crippen LogP contribution is -2.16. The maximum Gasteiger partial charge on any atom is 0.260 e. The molecule has 0 radical (unpaired) electrons. The maximum atomic E-state index is 12.6. The van der Waals surface area contributed by atoms with Crippen LogP contribution in [-0.2, 0) is 0 Å². The molecule has 1 aromatic heterocycles. The first-order chi connectivity index (χ1) is 13.8. The molecule has 0 saturated carbocycles. The number of aromatic hydroxyl groups is 2. The molecule has 29 heavy (non-hydrogen) atoms. The van der Waals surface area contributed by atoms with E-state index in [-0.39, 0.29) is 28.5 Å². The Bertz CT molecular complexity index is 1290. The standard InChI is InChI=1S/C24H24N2O3/c1-13-12-19(28)20(16-10-8-15(9-11-16)14(2)26(3)4)22-17-6-5-7-18(27)21(17)24(29)25-23(13)22/h5-12,14,27-28H,1-4H3,(H,25,29)/t14-/m1/s1. The van der Waals surface area contributed by atoms with Crippen molar-refractivity contribution in [1.82, 2.24) is 9.88 Å². The van der Waals surface area contributed by atoms with Crippen LogP contribution in [0.4, 0.5) is 0 Å². The van der Waals surface area contributed by atoms with Gasteiger partial charge < -0.3 is 20.1 Å². The summed E-state index contributed by atoms with van der Waals surface area (Å²) >= 11 is 0. The number of H-pyrrole nitrogens is 1. The number of hydrogen-bond acceptors (Lipinski definition) is 4. The second-order valence-corrected chi connectivity index (χ2v) is 7.75. The number of aromatic nitrogens is 1. The number of phenolic OH excluding ortho intramolecular Hbond substituents is 2. The van der Waals surface area contributed by atoms with Gasteiger partial charge in [0.1, 0.15) is 11.5 Å². The Labute approximate surface area is 168 Å². The van der Waals surface area contributed by atoms with E-state index in [9.17, 15) is 15.0 Å². The Morgan fingerprint density at radius 2 is 1.66 bits per heavy atom. The zero-order valence-corrected chi connectivity index (χ0v) is 16.9. The molecule has 0 aliphatic heterocycles. The lowest BCUT2D eigenvalue weighted by molar-refractivity contribution is 0.321. The summed E-state index contributed by atoms with van der Waals surface area (Å²) in [5.41, 5.74) is 3.74. The number of hydrogen-bond donors (Lipinski definition) is 3. The first-order valence-electron chi connectivity index (χ1n) is 9.56. The van der Waals surface area contributed by atoms with Crippen molar-refractivity contribution in [3.8, 4) is 22.6 Å². The van der Waals surface area contributed by atoms with Gasteiger partial charge in [-0.2, -0.15) is 0 Å². The Balaban J connectivity index is 2.07. The van der Waals surface area contributed by atoms with Crippen LogP contribution in [0.25, 0.3) is 32.8 Å². The normalized spacial score (nSPS) is 12.7. The summed E-state index contributed by atoms with van der Waals surface area (Å²) in [6, 6.07) is 15.0. The van der Waals surface area contributed by atoms with Crippen molar-refractivity contribution in [1.29, 1.82) is 0 Å². The average molecular weight is 388 g/mol. The Kier molecular flexibility index (Phi) is 4.55. The highest BCUT2D eigenvalue weighted by molar-refractivity contribution is 6.15. The van der Waals surface area contributed by atoms with Gasteiger partial charge in [0.2, 0.25) is 0 Å². The second-order valence-electron chi connectivity index (χ2n) is 7.75. The summed E-state index contributed by atoms with van der Waals surface area (Å²) in [7, 11) is 4.07. The fraction of sp³-hybridized carbons (Fsp3) is 0.208. The zero-order chi connectivity index (χ0) is 20.9. The van der Waals surface area contributed by atoms with Gasteiger partial charge in [-0.25, -0.2) is 0 Å². The average Bonchev–Trinajstić information content (AvgIpc) is 2.68. The molecule has 4 rings (SSSR count). The molecule has 5 heteroatoms. The van der Waals surface area contributed by atoms with E-state index in [1.54, 1.807) is 18.2 Å². The summed E-state index contributed by atoms with van der Waals surface area (Å²) < 4.78 is 0. The minimum absolute atomic E-state index is 0.0762. The van der Waals surface area contributed by atoms with Crippen LogP contribution in [0, 0.1) is 6.92 Å². The van der Waals surface area contributed by atoms with E-state index >= 15 is 0 Å². The van der Waals surface area contributed by atoms with E-state index < -0.39 is 0 Å². The Morgan fingerprint density at radius 3 is 2.31 bits per heavy atom. The first-order valence-corrected chi connectivity index (χ1v) is 9.56. The summed E-state index contributed by atoms with van der Waals surface area (Å²) in [6.07, 6.45) is 0. The molecular weight excluding hydrogens is 364 g/mol. The minimum Gasteiger partial charge on any atom is -0.507 e. The van der Waals surface area contributed by atoms with Crippen LogP contribution in [0.15, 0.2) is 53.3 Å². The lowest BCUT2D eigenvalue weighted by atomic mass is 9.92. The number of benzene rings is 3. The van der Waals surface area contributed by atoms with Crippen molar-refractivity contribution in [2.24, 2.45) is 0 Å². The lowest BCUT2D eigenvalue weighted by Gasteiger charge is -2.20. The van der Waals surface area contributed by atoms with Crippen LogP contribution < -0.4 is 5.56 Å². The molecule has 4 aromatic rings. The fourth-order valence-corrected chi connectivity index (χ4v) is 3.91.